The molecule has 3 unspecified atom stereocenters. The van der Waals surface area contributed by atoms with Gasteiger partial charge < -0.3 is 79.7 Å². The second-order valence-electron chi connectivity index (χ2n) is 28.1. The molecule has 2 saturated carbocycles. The number of alkyl carbamates (subject to hydrolysis) is 1. The van der Waals surface area contributed by atoms with Crippen molar-refractivity contribution in [2.45, 2.75) is 262 Å². The molecule has 0 aromatic rings. The number of cyclic esters (lactones) is 1. The maximum absolute atomic E-state index is 17.8. The quantitative estimate of drug-likeness (QED) is 0.0831. The molecule has 23 heteroatoms. The third-order valence-corrected chi connectivity index (χ3v) is 21.9. The van der Waals surface area contributed by atoms with Gasteiger partial charge in [-0.1, -0.05) is 40.7 Å². The second-order valence-corrected chi connectivity index (χ2v) is 28.1. The molecule has 21 nitrogen and oxygen atoms in total. The van der Waals surface area contributed by atoms with E-state index in [1.165, 1.54) is 33.1 Å². The predicted molar refractivity (Wildman–Crippen MR) is 312 cm³/mol. The van der Waals surface area contributed by atoms with E-state index >= 15 is 8.78 Å². The summed E-state index contributed by atoms with van der Waals surface area (Å²) >= 11 is 0. The SMILES string of the molecule is CC[C@H]1OC(=O)[C@H](C)[C@@H](O[C@H]2C[C@@](C)(OC)[C@@H](O)[C@H](C)O2)[C@H](C)[C@@H](O[C@@H]2O[C@H](C)C[C@H](NC)[C@H]2O)[C@](C)(O)C[C@@H](C)CN(C)[C@H](C)C(OC(=O)NCCCCNC(=O)[C@@]2(O)[C@H](C)CC3C4CC(F)=C5CC(=O)C=C[C@]5(C)[C@@]4(F)[C@@H](O)C[C@@]32C)[C@]1(C)O. The smallest absolute Gasteiger partial charge is 0.407 e. The standard InChI is InChI=1S/C63H104F2N4O17/c1-17-46-61(13,78)52(86-56(76)68-23-19-18-22-67-55(75)63(79)33(3)24-40-41-27-43(64)42-26-39(70)20-21-57(42,9)62(41,65)45(71)29-58(40,63)10)37(7)69(15)31-32(2)28-59(11,77)51(85-54-48(72)44(66-14)25-34(4)81-54)35(5)49(36(6)53(74)83-46)84-47-30-60(12,80-16)50(73)38(8)82-47/h20-21,32-38,40-41,44-52,54,66,71-73,77-79H,17-19,22-31H2,1-16H3,(H,67,75)(H,68,76)/t32-,33-,34-,35+,36-,37-,38+,40?,41?,44+,45+,46-,47+,48-,49+,50+,51-,52?,54+,57+,58+,59-,60-,61-,62+,63+/m1/s1. The zero-order chi connectivity index (χ0) is 64.2. The zero-order valence-corrected chi connectivity index (χ0v) is 53.7. The third kappa shape index (κ3) is 12.9. The van der Waals surface area contributed by atoms with Crippen LogP contribution in [0.15, 0.2) is 23.6 Å². The molecule has 4 aliphatic carbocycles. The fraction of sp³-hybridized carbons (Fsp3) is 0.873. The number of rotatable bonds is 14. The molecule has 26 atom stereocenters. The summed E-state index contributed by atoms with van der Waals surface area (Å²) in [5, 5.41) is 81.2. The Hall–Kier alpha value is -3.30. The van der Waals surface area contributed by atoms with Gasteiger partial charge in [0.15, 0.2) is 35.7 Å². The molecule has 0 radical (unpaired) electrons. The van der Waals surface area contributed by atoms with Gasteiger partial charge in [-0.3, -0.25) is 19.3 Å². The first-order valence-electron chi connectivity index (χ1n) is 31.4. The third-order valence-electron chi connectivity index (χ3n) is 21.9. The Morgan fingerprint density at radius 1 is 0.872 bits per heavy atom. The van der Waals surface area contributed by atoms with Crippen molar-refractivity contribution in [1.82, 2.24) is 20.9 Å². The molecule has 7 aliphatic rings. The van der Waals surface area contributed by atoms with E-state index in [-0.39, 0.29) is 81.4 Å². The van der Waals surface area contributed by atoms with Crippen molar-refractivity contribution in [3.05, 3.63) is 23.6 Å². The molecule has 0 bridgehead atoms. The summed E-state index contributed by atoms with van der Waals surface area (Å²) in [6.45, 7) is 22.4. The highest BCUT2D eigenvalue weighted by Gasteiger charge is 2.76. The average molecular weight is 1230 g/mol. The highest BCUT2D eigenvalue weighted by molar-refractivity contribution is 5.94. The number of nitrogens with one attached hydrogen (secondary N) is 3. The molecule has 492 valence electrons. The largest absolute Gasteiger partial charge is 0.459 e. The van der Waals surface area contributed by atoms with Crippen molar-refractivity contribution < 1.29 is 91.8 Å². The molecule has 3 saturated heterocycles. The summed E-state index contributed by atoms with van der Waals surface area (Å²) < 4.78 is 78.0. The van der Waals surface area contributed by atoms with Gasteiger partial charge in [-0.05, 0) is 144 Å². The molecule has 3 aliphatic heterocycles. The lowest BCUT2D eigenvalue weighted by molar-refractivity contribution is -0.316. The number of methoxy groups -OCH3 is 1. The van der Waals surface area contributed by atoms with E-state index in [0.29, 0.717) is 25.8 Å². The van der Waals surface area contributed by atoms with E-state index in [1.54, 1.807) is 76.4 Å². The Labute approximate surface area is 507 Å². The normalized spacial score (nSPS) is 48.0. The number of likely N-dealkylation sites (N-methyl/N-ethyl adjacent to an activating group) is 2. The van der Waals surface area contributed by atoms with Gasteiger partial charge in [0, 0.05) is 80.8 Å². The number of esters is 1. The number of unbranched alkanes of at least 4 members (excludes halogenated alkanes) is 1. The molecule has 0 aromatic heterocycles. The molecule has 2 amide bonds. The van der Waals surface area contributed by atoms with E-state index in [0.717, 1.165) is 0 Å². The van der Waals surface area contributed by atoms with Crippen LogP contribution in [0.5, 0.6) is 0 Å². The number of alkyl halides is 1. The molecular weight excluding hydrogens is 1120 g/mol. The summed E-state index contributed by atoms with van der Waals surface area (Å²) in [6.07, 6.45) is -9.76. The van der Waals surface area contributed by atoms with Crippen LogP contribution >= 0.6 is 0 Å². The van der Waals surface area contributed by atoms with Crippen molar-refractivity contribution in [2.24, 2.45) is 46.3 Å². The van der Waals surface area contributed by atoms with Crippen LogP contribution in [0.3, 0.4) is 0 Å². The maximum Gasteiger partial charge on any atom is 0.407 e. The lowest BCUT2D eigenvalue weighted by atomic mass is 9.45. The second kappa shape index (κ2) is 26.5. The fourth-order valence-electron chi connectivity index (χ4n) is 16.7. The number of ketones is 1. The number of carbonyl (C=O) groups excluding carboxylic acids is 4. The first-order valence-corrected chi connectivity index (χ1v) is 31.4. The van der Waals surface area contributed by atoms with Gasteiger partial charge >= 0.3 is 12.1 Å². The molecular formula is C63H104F2N4O17. The highest BCUT2D eigenvalue weighted by Crippen LogP contribution is 2.71. The number of carbonyl (C=O) groups is 4. The Morgan fingerprint density at radius 2 is 1.52 bits per heavy atom. The van der Waals surface area contributed by atoms with Gasteiger partial charge in [0.25, 0.3) is 5.91 Å². The van der Waals surface area contributed by atoms with Crippen molar-refractivity contribution in [3.63, 3.8) is 0 Å². The number of aliphatic hydroxyl groups is 6. The van der Waals surface area contributed by atoms with Gasteiger partial charge in [0.05, 0.1) is 47.6 Å². The summed E-state index contributed by atoms with van der Waals surface area (Å²) in [6, 6.07) is -1.14. The summed E-state index contributed by atoms with van der Waals surface area (Å²) in [7, 11) is 5.00. The Bertz CT molecular complexity index is 2490. The average Bonchev–Trinajstić information content (AvgIpc) is 1.30. The summed E-state index contributed by atoms with van der Waals surface area (Å²) in [5.41, 5.74) is -12.1. The molecule has 0 aromatic carbocycles. The van der Waals surface area contributed by atoms with Gasteiger partial charge in [-0.2, -0.15) is 0 Å². The summed E-state index contributed by atoms with van der Waals surface area (Å²) in [5.74, 6) is -7.25. The van der Waals surface area contributed by atoms with Crippen LogP contribution in [-0.2, 0) is 47.5 Å². The topological polar surface area (TPSA) is 294 Å². The molecule has 3 heterocycles. The minimum Gasteiger partial charge on any atom is -0.459 e. The number of ether oxygens (including phenoxy) is 7. The zero-order valence-electron chi connectivity index (χ0n) is 53.7. The van der Waals surface area contributed by atoms with Gasteiger partial charge in [0.2, 0.25) is 0 Å². The van der Waals surface area contributed by atoms with Gasteiger partial charge in [0.1, 0.15) is 29.7 Å². The lowest BCUT2D eigenvalue weighted by Crippen LogP contribution is -2.70. The minimum atomic E-state index is -2.35. The van der Waals surface area contributed by atoms with Crippen LogP contribution in [0.4, 0.5) is 13.6 Å². The van der Waals surface area contributed by atoms with Crippen LogP contribution < -0.4 is 16.0 Å². The van der Waals surface area contributed by atoms with Crippen molar-refractivity contribution >= 4 is 23.8 Å². The van der Waals surface area contributed by atoms with E-state index in [2.05, 4.69) is 16.0 Å². The maximum atomic E-state index is 17.8. The number of hydrogen-bond acceptors (Lipinski definition) is 19. The van der Waals surface area contributed by atoms with Crippen molar-refractivity contribution in [3.8, 4) is 0 Å². The predicted octanol–water partition coefficient (Wildman–Crippen LogP) is 4.83. The van der Waals surface area contributed by atoms with Crippen LogP contribution in [0.25, 0.3) is 0 Å². The molecule has 86 heavy (non-hydrogen) atoms. The van der Waals surface area contributed by atoms with E-state index in [4.69, 9.17) is 33.2 Å². The number of nitrogens with zero attached hydrogens (tertiary/aromatic N) is 1. The van der Waals surface area contributed by atoms with Gasteiger partial charge in [-0.25, -0.2) is 13.6 Å². The number of amides is 2. The minimum absolute atomic E-state index is 0.0310. The molecule has 7 rings (SSSR count). The van der Waals surface area contributed by atoms with Crippen molar-refractivity contribution in [1.29, 1.82) is 0 Å². The molecule has 0 spiro atoms. The number of allylic oxidation sites excluding steroid dienone is 4. The van der Waals surface area contributed by atoms with Crippen LogP contribution in [0.1, 0.15) is 154 Å². The molecule has 9 N–H and O–H groups in total. The Balaban J connectivity index is 1.06. The first kappa shape index (κ1) is 70.2. The lowest BCUT2D eigenvalue weighted by Gasteiger charge is -2.62. The fourth-order valence-corrected chi connectivity index (χ4v) is 16.7. The number of hydrogen-bond donors (Lipinski definition) is 9. The molecule has 5 fully saturated rings. The van der Waals surface area contributed by atoms with Crippen LogP contribution in [0.2, 0.25) is 0 Å². The van der Waals surface area contributed by atoms with Gasteiger partial charge in [-0.15, -0.1) is 0 Å². The summed E-state index contributed by atoms with van der Waals surface area (Å²) in [4.78, 5) is 57.2. The highest BCUT2D eigenvalue weighted by atomic mass is 19.1. The van der Waals surface area contributed by atoms with E-state index < -0.39 is 166 Å². The van der Waals surface area contributed by atoms with E-state index in [9.17, 15) is 49.8 Å². The first-order chi connectivity index (χ1) is 39.9. The number of fused-ring (bicyclic) bond motifs is 5. The number of halogens is 2. The Kier molecular flexibility index (Phi) is 21.6. The van der Waals surface area contributed by atoms with E-state index in [1.807, 2.05) is 18.7 Å². The monoisotopic (exact) mass is 1230 g/mol. The number of aliphatic hydroxyl groups excluding tert-OH is 3. The van der Waals surface area contributed by atoms with Crippen LogP contribution in [-0.4, -0.2) is 208 Å². The Morgan fingerprint density at radius 3 is 2.15 bits per heavy atom. The van der Waals surface area contributed by atoms with Crippen LogP contribution in [0, 0.1) is 46.3 Å². The van der Waals surface area contributed by atoms with Crippen molar-refractivity contribution in [2.75, 3.05) is 40.8 Å².